The second kappa shape index (κ2) is 9.58. The molecule has 0 spiro atoms. The van der Waals surface area contributed by atoms with E-state index >= 15 is 0 Å². The van der Waals surface area contributed by atoms with E-state index in [4.69, 9.17) is 8.83 Å². The van der Waals surface area contributed by atoms with E-state index < -0.39 is 0 Å². The first-order valence-electron chi connectivity index (χ1n) is 10.5. The Labute approximate surface area is 176 Å². The SMILES string of the molecule is CCC[NH+](CC(=O)N1CCN(c2ccccc2)CC1)Cc1nnc(-c2ccco2)o1. The number of hydrogen-bond acceptors (Lipinski definition) is 6. The van der Waals surface area contributed by atoms with Gasteiger partial charge in [-0.3, -0.25) is 4.79 Å². The van der Waals surface area contributed by atoms with E-state index in [1.54, 1.807) is 18.4 Å². The van der Waals surface area contributed by atoms with E-state index in [0.717, 1.165) is 44.0 Å². The van der Waals surface area contributed by atoms with Crippen LogP contribution < -0.4 is 9.80 Å². The van der Waals surface area contributed by atoms with E-state index in [1.165, 1.54) is 5.69 Å². The van der Waals surface area contributed by atoms with Gasteiger partial charge < -0.3 is 23.5 Å². The van der Waals surface area contributed by atoms with Crippen molar-refractivity contribution in [2.75, 3.05) is 44.2 Å². The Balaban J connectivity index is 1.31. The van der Waals surface area contributed by atoms with Gasteiger partial charge in [-0.25, -0.2) is 0 Å². The standard InChI is InChI=1S/C22H27N5O3/c1-2-10-25(16-20-23-24-22(30-20)19-9-6-15-29-19)17-21(28)27-13-11-26(12-14-27)18-7-4-3-5-8-18/h3-9,15H,2,10-14,16-17H2,1H3/p+1. The highest BCUT2D eigenvalue weighted by Gasteiger charge is 2.25. The van der Waals surface area contributed by atoms with Crippen LogP contribution in [0.25, 0.3) is 11.7 Å². The fourth-order valence-electron chi connectivity index (χ4n) is 3.81. The summed E-state index contributed by atoms with van der Waals surface area (Å²) in [5.41, 5.74) is 1.21. The molecule has 1 N–H and O–H groups in total. The second-order valence-corrected chi connectivity index (χ2v) is 7.54. The molecule has 1 unspecified atom stereocenters. The van der Waals surface area contributed by atoms with Gasteiger partial charge in [0.25, 0.3) is 17.7 Å². The molecule has 1 amide bonds. The predicted molar refractivity (Wildman–Crippen MR) is 112 cm³/mol. The third kappa shape index (κ3) is 4.88. The van der Waals surface area contributed by atoms with Crippen LogP contribution >= 0.6 is 0 Å². The number of aromatic nitrogens is 2. The van der Waals surface area contributed by atoms with Crippen LogP contribution in [-0.2, 0) is 11.3 Å². The monoisotopic (exact) mass is 410 g/mol. The molecule has 1 saturated heterocycles. The lowest BCUT2D eigenvalue weighted by Crippen LogP contribution is -3.12. The molecule has 3 heterocycles. The van der Waals surface area contributed by atoms with Gasteiger partial charge in [0, 0.05) is 31.9 Å². The molecule has 0 aliphatic carbocycles. The van der Waals surface area contributed by atoms with Gasteiger partial charge in [0.05, 0.1) is 12.8 Å². The summed E-state index contributed by atoms with van der Waals surface area (Å²) in [5, 5.41) is 8.18. The summed E-state index contributed by atoms with van der Waals surface area (Å²) in [6.45, 7) is 7.14. The molecule has 0 radical (unpaired) electrons. The lowest BCUT2D eigenvalue weighted by atomic mass is 10.2. The van der Waals surface area contributed by atoms with Crippen molar-refractivity contribution in [1.29, 1.82) is 0 Å². The lowest BCUT2D eigenvalue weighted by molar-refractivity contribution is -0.907. The predicted octanol–water partition coefficient (Wildman–Crippen LogP) is 1.47. The van der Waals surface area contributed by atoms with Crippen LogP contribution in [0.5, 0.6) is 0 Å². The lowest BCUT2D eigenvalue weighted by Gasteiger charge is -2.36. The van der Waals surface area contributed by atoms with Crippen molar-refractivity contribution in [2.24, 2.45) is 0 Å². The van der Waals surface area contributed by atoms with Crippen molar-refractivity contribution >= 4 is 11.6 Å². The number of benzene rings is 1. The minimum absolute atomic E-state index is 0.178. The molecule has 0 bridgehead atoms. The number of rotatable bonds is 8. The number of quaternary nitrogens is 1. The molecule has 1 atom stereocenters. The fourth-order valence-corrected chi connectivity index (χ4v) is 3.81. The number of para-hydroxylation sites is 1. The summed E-state index contributed by atoms with van der Waals surface area (Å²) < 4.78 is 11.0. The molecule has 3 aromatic rings. The molecule has 1 fully saturated rings. The van der Waals surface area contributed by atoms with Crippen molar-refractivity contribution in [2.45, 2.75) is 19.9 Å². The smallest absolute Gasteiger partial charge is 0.283 e. The molecule has 8 nitrogen and oxygen atoms in total. The number of hydrogen-bond donors (Lipinski definition) is 1. The van der Waals surface area contributed by atoms with E-state index in [9.17, 15) is 4.79 Å². The van der Waals surface area contributed by atoms with Crippen LogP contribution in [0, 0.1) is 0 Å². The number of nitrogens with zero attached hydrogens (tertiary/aromatic N) is 4. The van der Waals surface area contributed by atoms with E-state index in [1.807, 2.05) is 23.1 Å². The number of anilines is 1. The summed E-state index contributed by atoms with van der Waals surface area (Å²) in [6, 6.07) is 13.9. The molecule has 8 heteroatoms. The highest BCUT2D eigenvalue weighted by molar-refractivity contribution is 5.77. The minimum atomic E-state index is 0.178. The molecule has 158 valence electrons. The van der Waals surface area contributed by atoms with Gasteiger partial charge in [0.15, 0.2) is 18.8 Å². The first-order valence-corrected chi connectivity index (χ1v) is 10.5. The van der Waals surface area contributed by atoms with Crippen LogP contribution in [-0.4, -0.2) is 60.3 Å². The Hall–Kier alpha value is -3.13. The van der Waals surface area contributed by atoms with Gasteiger partial charge in [-0.05, 0) is 30.7 Å². The van der Waals surface area contributed by atoms with Crippen LogP contribution in [0.4, 0.5) is 5.69 Å². The number of nitrogens with one attached hydrogen (secondary N) is 1. The molecule has 0 saturated carbocycles. The number of piperazine rings is 1. The number of carbonyl (C=O) groups is 1. The van der Waals surface area contributed by atoms with Gasteiger partial charge in [0.2, 0.25) is 0 Å². The average molecular weight is 410 g/mol. The largest absolute Gasteiger partial charge is 0.459 e. The Bertz CT molecular complexity index is 917. The topological polar surface area (TPSA) is 80.0 Å². The van der Waals surface area contributed by atoms with Crippen molar-refractivity contribution in [1.82, 2.24) is 15.1 Å². The average Bonchev–Trinajstić information content (AvgIpc) is 3.47. The molecule has 1 aromatic carbocycles. The minimum Gasteiger partial charge on any atom is -0.459 e. The molecular weight excluding hydrogens is 382 g/mol. The maximum Gasteiger partial charge on any atom is 0.283 e. The van der Waals surface area contributed by atoms with Gasteiger partial charge in [-0.15, -0.1) is 10.2 Å². The van der Waals surface area contributed by atoms with E-state index in [-0.39, 0.29) is 5.91 Å². The summed E-state index contributed by atoms with van der Waals surface area (Å²) in [7, 11) is 0. The summed E-state index contributed by atoms with van der Waals surface area (Å²) >= 11 is 0. The number of amides is 1. The maximum absolute atomic E-state index is 12.9. The van der Waals surface area contributed by atoms with Crippen LogP contribution in [0.1, 0.15) is 19.2 Å². The third-order valence-electron chi connectivity index (χ3n) is 5.36. The van der Waals surface area contributed by atoms with Crippen molar-refractivity contribution in [3.05, 3.63) is 54.6 Å². The number of carbonyl (C=O) groups excluding carboxylic acids is 1. The van der Waals surface area contributed by atoms with Crippen molar-refractivity contribution in [3.8, 4) is 11.7 Å². The molecule has 1 aliphatic rings. The summed E-state index contributed by atoms with van der Waals surface area (Å²) in [4.78, 5) is 18.3. The molecule has 30 heavy (non-hydrogen) atoms. The van der Waals surface area contributed by atoms with E-state index in [0.29, 0.717) is 30.6 Å². The summed E-state index contributed by atoms with van der Waals surface area (Å²) in [6.07, 6.45) is 2.55. The quantitative estimate of drug-likeness (QED) is 0.606. The highest BCUT2D eigenvalue weighted by atomic mass is 16.4. The van der Waals surface area contributed by atoms with Gasteiger partial charge in [-0.1, -0.05) is 25.1 Å². The molecule has 2 aromatic heterocycles. The zero-order valence-corrected chi connectivity index (χ0v) is 17.3. The van der Waals surface area contributed by atoms with E-state index in [2.05, 4.69) is 34.2 Å². The zero-order chi connectivity index (χ0) is 20.8. The van der Waals surface area contributed by atoms with Crippen molar-refractivity contribution < 1.29 is 18.5 Å². The normalized spacial score (nSPS) is 15.4. The van der Waals surface area contributed by atoms with Gasteiger partial charge in [0.1, 0.15) is 0 Å². The van der Waals surface area contributed by atoms with Crippen LogP contribution in [0.2, 0.25) is 0 Å². The molecular formula is C22H28N5O3+. The van der Waals surface area contributed by atoms with Gasteiger partial charge in [-0.2, -0.15) is 0 Å². The van der Waals surface area contributed by atoms with Gasteiger partial charge >= 0.3 is 0 Å². The Morgan fingerprint density at radius 3 is 2.57 bits per heavy atom. The third-order valence-corrected chi connectivity index (χ3v) is 5.36. The first-order chi connectivity index (χ1) is 14.7. The Kier molecular flexibility index (Phi) is 6.44. The Morgan fingerprint density at radius 2 is 1.87 bits per heavy atom. The number of furan rings is 1. The first kappa shape index (κ1) is 20.2. The Morgan fingerprint density at radius 1 is 1.07 bits per heavy atom. The molecule has 1 aliphatic heterocycles. The summed E-state index contributed by atoms with van der Waals surface area (Å²) in [5.74, 6) is 1.62. The fraction of sp³-hybridized carbons (Fsp3) is 0.409. The maximum atomic E-state index is 12.9. The van der Waals surface area contributed by atoms with Crippen LogP contribution in [0.15, 0.2) is 57.6 Å². The zero-order valence-electron chi connectivity index (χ0n) is 17.3. The van der Waals surface area contributed by atoms with Crippen molar-refractivity contribution in [3.63, 3.8) is 0 Å². The van der Waals surface area contributed by atoms with Crippen LogP contribution in [0.3, 0.4) is 0 Å². The molecule has 4 rings (SSSR count). The second-order valence-electron chi connectivity index (χ2n) is 7.54. The highest BCUT2D eigenvalue weighted by Crippen LogP contribution is 2.17.